The molecule has 2 aliphatic rings. The highest BCUT2D eigenvalue weighted by molar-refractivity contribution is 7.80. The lowest BCUT2D eigenvalue weighted by Gasteiger charge is -2.47. The van der Waals surface area contributed by atoms with Gasteiger partial charge in [0.15, 0.2) is 11.1 Å². The van der Waals surface area contributed by atoms with Gasteiger partial charge in [-0.2, -0.15) is 4.98 Å². The van der Waals surface area contributed by atoms with E-state index in [4.69, 9.17) is 18.7 Å². The number of morpholine rings is 1. The van der Waals surface area contributed by atoms with E-state index in [1.54, 1.807) is 4.90 Å². The normalized spacial score (nSPS) is 23.5. The summed E-state index contributed by atoms with van der Waals surface area (Å²) in [6.45, 7) is 4.60. The first-order chi connectivity index (χ1) is 15.9. The maximum absolute atomic E-state index is 14.2. The van der Waals surface area contributed by atoms with Crippen molar-refractivity contribution in [2.24, 2.45) is 0 Å². The summed E-state index contributed by atoms with van der Waals surface area (Å²) in [5.74, 6) is -0.247. The second kappa shape index (κ2) is 10.2. The number of hydrogen-bond donors (Lipinski definition) is 0. The van der Waals surface area contributed by atoms with Crippen LogP contribution in [0.1, 0.15) is 32.6 Å². The molecular formula is C21H26FN3O7S. The molecule has 0 N–H and O–H groups in total. The van der Waals surface area contributed by atoms with Crippen LogP contribution < -0.4 is 0 Å². The van der Waals surface area contributed by atoms with Gasteiger partial charge in [0.25, 0.3) is 5.89 Å². The van der Waals surface area contributed by atoms with Gasteiger partial charge in [-0.15, -0.1) is 0 Å². The van der Waals surface area contributed by atoms with Gasteiger partial charge >= 0.3 is 6.09 Å². The number of halogens is 1. The van der Waals surface area contributed by atoms with E-state index in [0.29, 0.717) is 31.6 Å². The molecule has 2 aliphatic heterocycles. The Hall–Kier alpha value is -2.41. The van der Waals surface area contributed by atoms with Crippen LogP contribution in [0, 0.1) is 5.82 Å². The van der Waals surface area contributed by atoms with E-state index in [1.807, 2.05) is 13.8 Å². The Balaban J connectivity index is 1.36. The van der Waals surface area contributed by atoms with Gasteiger partial charge < -0.3 is 18.7 Å². The van der Waals surface area contributed by atoms with E-state index in [-0.39, 0.29) is 53.6 Å². The quantitative estimate of drug-likeness (QED) is 0.586. The van der Waals surface area contributed by atoms with E-state index in [2.05, 4.69) is 14.3 Å². The average molecular weight is 484 g/mol. The van der Waals surface area contributed by atoms with Crippen molar-refractivity contribution in [2.45, 2.75) is 62.5 Å². The molecule has 4 rings (SSSR count). The summed E-state index contributed by atoms with van der Waals surface area (Å²) in [5.41, 5.74) is 0.378. The van der Waals surface area contributed by atoms with Crippen LogP contribution in [0.4, 0.5) is 9.18 Å². The number of fused-ring (bicyclic) bond motifs is 2. The van der Waals surface area contributed by atoms with Crippen LogP contribution in [0.3, 0.4) is 0 Å². The Morgan fingerprint density at radius 3 is 2.67 bits per heavy atom. The fourth-order valence-electron chi connectivity index (χ4n) is 4.05. The van der Waals surface area contributed by atoms with Crippen LogP contribution in [0.15, 0.2) is 27.6 Å². The monoisotopic (exact) mass is 483 g/mol. The molecule has 2 fully saturated rings. The van der Waals surface area contributed by atoms with Crippen molar-refractivity contribution in [3.8, 4) is 11.4 Å². The molecule has 180 valence electrons. The van der Waals surface area contributed by atoms with E-state index < -0.39 is 16.9 Å². The van der Waals surface area contributed by atoms with Crippen LogP contribution >= 0.6 is 0 Å². The summed E-state index contributed by atoms with van der Waals surface area (Å²) < 4.78 is 52.7. The van der Waals surface area contributed by atoms with Gasteiger partial charge in [-0.05, 0) is 44.9 Å². The van der Waals surface area contributed by atoms with Crippen LogP contribution in [-0.4, -0.2) is 70.0 Å². The van der Waals surface area contributed by atoms with E-state index in [9.17, 15) is 13.4 Å². The lowest BCUT2D eigenvalue weighted by atomic mass is 9.92. The third-order valence-electron chi connectivity index (χ3n) is 5.46. The number of carbonyl (C=O) groups is 1. The smallest absolute Gasteiger partial charge is 0.410 e. The molecule has 1 amide bonds. The van der Waals surface area contributed by atoms with Crippen molar-refractivity contribution < 1.29 is 36.3 Å². The maximum Gasteiger partial charge on any atom is 0.410 e. The Morgan fingerprint density at radius 2 is 2.03 bits per heavy atom. The molecule has 12 heteroatoms. The molecule has 33 heavy (non-hydrogen) atoms. The fourth-order valence-corrected chi connectivity index (χ4v) is 4.62. The molecule has 10 nitrogen and oxygen atoms in total. The third-order valence-corrected chi connectivity index (χ3v) is 6.45. The Labute approximate surface area is 193 Å². The Kier molecular flexibility index (Phi) is 7.37. The van der Waals surface area contributed by atoms with Gasteiger partial charge in [0.1, 0.15) is 17.3 Å². The standard InChI is InChI=1S/C21H26FN3O7S/c1-12(2)31-21(26)25-14-7-16(8-15(25)10-29-9-14)30-11-19-23-20(24-32-19)13-4-5-18(17(22)6-13)33(27)28-3/h4-6,12,14-16H,7-11H2,1-3H3. The van der Waals surface area contributed by atoms with E-state index in [1.165, 1.54) is 25.3 Å². The predicted molar refractivity (Wildman–Crippen MR) is 113 cm³/mol. The largest absolute Gasteiger partial charge is 0.447 e. The molecule has 2 saturated heterocycles. The first-order valence-electron chi connectivity index (χ1n) is 10.6. The average Bonchev–Trinajstić information content (AvgIpc) is 3.25. The zero-order valence-corrected chi connectivity index (χ0v) is 19.4. The minimum atomic E-state index is -1.88. The highest BCUT2D eigenvalue weighted by Gasteiger charge is 2.43. The number of aromatic nitrogens is 2. The number of amides is 1. The lowest BCUT2D eigenvalue weighted by Crippen LogP contribution is -2.60. The van der Waals surface area contributed by atoms with Crippen molar-refractivity contribution in [2.75, 3.05) is 20.3 Å². The molecular weight excluding hydrogens is 457 g/mol. The molecule has 1 aromatic carbocycles. The molecule has 0 radical (unpaired) electrons. The number of carbonyl (C=O) groups excluding carboxylic acids is 1. The fraction of sp³-hybridized carbons (Fsp3) is 0.571. The van der Waals surface area contributed by atoms with E-state index in [0.717, 1.165) is 0 Å². The number of ether oxygens (including phenoxy) is 3. The summed E-state index contributed by atoms with van der Waals surface area (Å²) >= 11 is -1.88. The summed E-state index contributed by atoms with van der Waals surface area (Å²) in [6.07, 6.45) is 0.591. The van der Waals surface area contributed by atoms with Gasteiger partial charge in [-0.1, -0.05) is 5.16 Å². The van der Waals surface area contributed by atoms with Crippen molar-refractivity contribution >= 4 is 17.2 Å². The van der Waals surface area contributed by atoms with Gasteiger partial charge in [-0.25, -0.2) is 13.4 Å². The SMILES string of the molecule is COS(=O)c1ccc(-c2noc(COC3CC4COCC(C3)N4C(=O)OC(C)C)n2)cc1F. The molecule has 3 atom stereocenters. The van der Waals surface area contributed by atoms with Crippen molar-refractivity contribution in [1.82, 2.24) is 15.0 Å². The summed E-state index contributed by atoms with van der Waals surface area (Å²) in [5, 5.41) is 3.88. The van der Waals surface area contributed by atoms with Crippen molar-refractivity contribution in [1.29, 1.82) is 0 Å². The Morgan fingerprint density at radius 1 is 1.30 bits per heavy atom. The van der Waals surface area contributed by atoms with Crippen LogP contribution in [-0.2, 0) is 36.1 Å². The van der Waals surface area contributed by atoms with Gasteiger partial charge in [-0.3, -0.25) is 9.08 Å². The topological polar surface area (TPSA) is 113 Å². The van der Waals surface area contributed by atoms with Crippen LogP contribution in [0.25, 0.3) is 11.4 Å². The predicted octanol–water partition coefficient (Wildman–Crippen LogP) is 2.84. The summed E-state index contributed by atoms with van der Waals surface area (Å²) in [4.78, 5) is 18.4. The highest BCUT2D eigenvalue weighted by atomic mass is 32.2. The highest BCUT2D eigenvalue weighted by Crippen LogP contribution is 2.31. The molecule has 3 unspecified atom stereocenters. The lowest BCUT2D eigenvalue weighted by molar-refractivity contribution is -0.116. The first-order valence-corrected chi connectivity index (χ1v) is 11.7. The molecule has 0 aliphatic carbocycles. The van der Waals surface area contributed by atoms with Gasteiger partial charge in [0.05, 0.1) is 44.6 Å². The molecule has 2 aromatic rings. The summed E-state index contributed by atoms with van der Waals surface area (Å²) in [7, 11) is 1.23. The molecule has 2 bridgehead atoms. The number of rotatable bonds is 7. The zero-order valence-electron chi connectivity index (χ0n) is 18.6. The first kappa shape index (κ1) is 23.7. The maximum atomic E-state index is 14.2. The number of piperidine rings is 1. The van der Waals surface area contributed by atoms with Crippen LogP contribution in [0.2, 0.25) is 0 Å². The number of nitrogens with zero attached hydrogens (tertiary/aromatic N) is 3. The van der Waals surface area contributed by atoms with Crippen molar-refractivity contribution in [3.05, 3.63) is 29.9 Å². The minimum Gasteiger partial charge on any atom is -0.447 e. The molecule has 3 heterocycles. The second-order valence-electron chi connectivity index (χ2n) is 8.15. The molecule has 1 aromatic heterocycles. The third kappa shape index (κ3) is 5.40. The van der Waals surface area contributed by atoms with Crippen LogP contribution in [0.5, 0.6) is 0 Å². The number of hydrogen-bond acceptors (Lipinski definition) is 9. The Bertz CT molecular complexity index is 1000. The van der Waals surface area contributed by atoms with E-state index >= 15 is 0 Å². The minimum absolute atomic E-state index is 0.0635. The van der Waals surface area contributed by atoms with Crippen molar-refractivity contribution in [3.63, 3.8) is 0 Å². The zero-order chi connectivity index (χ0) is 23.5. The van der Waals surface area contributed by atoms with Gasteiger partial charge in [0.2, 0.25) is 5.82 Å². The summed E-state index contributed by atoms with van der Waals surface area (Å²) in [6, 6.07) is 3.83. The number of benzene rings is 1. The molecule has 0 spiro atoms. The molecule has 0 saturated carbocycles. The second-order valence-corrected chi connectivity index (χ2v) is 9.39. The van der Waals surface area contributed by atoms with Gasteiger partial charge in [0, 0.05) is 5.56 Å².